The molecular formula is C20H14N2O. The van der Waals surface area contributed by atoms with Crippen LogP contribution in [0.15, 0.2) is 72.9 Å². The van der Waals surface area contributed by atoms with E-state index in [-0.39, 0.29) is 5.91 Å². The third kappa shape index (κ3) is 1.46. The van der Waals surface area contributed by atoms with Crippen molar-refractivity contribution in [2.75, 3.05) is 10.6 Å². The summed E-state index contributed by atoms with van der Waals surface area (Å²) in [5.74, 6) is 0.00838. The molecule has 2 aliphatic rings. The minimum atomic E-state index is -0.766. The molecular weight excluding hydrogens is 284 g/mol. The van der Waals surface area contributed by atoms with Gasteiger partial charge in [-0.05, 0) is 40.7 Å². The van der Waals surface area contributed by atoms with Crippen LogP contribution in [0.5, 0.6) is 0 Å². The number of anilines is 2. The molecule has 1 spiro atoms. The van der Waals surface area contributed by atoms with E-state index in [2.05, 4.69) is 28.8 Å². The Morgan fingerprint density at radius 1 is 0.826 bits per heavy atom. The van der Waals surface area contributed by atoms with Gasteiger partial charge in [0.05, 0.1) is 0 Å². The quantitative estimate of drug-likeness (QED) is 0.658. The highest BCUT2D eigenvalue weighted by Crippen LogP contribution is 2.50. The molecule has 3 aromatic carbocycles. The Hall–Kier alpha value is -3.07. The molecule has 0 aromatic heterocycles. The Morgan fingerprint density at radius 3 is 2.61 bits per heavy atom. The van der Waals surface area contributed by atoms with E-state index in [9.17, 15) is 4.79 Å². The molecule has 5 rings (SSSR count). The van der Waals surface area contributed by atoms with Crippen molar-refractivity contribution in [3.63, 3.8) is 0 Å². The first-order valence-electron chi connectivity index (χ1n) is 7.68. The second-order valence-electron chi connectivity index (χ2n) is 5.99. The number of nitrogens with one attached hydrogen (secondary N) is 2. The predicted octanol–water partition coefficient (Wildman–Crippen LogP) is 4.02. The fraction of sp³-hybridized carbons (Fsp3) is 0.0500. The van der Waals surface area contributed by atoms with E-state index in [0.29, 0.717) is 0 Å². The number of fused-ring (bicyclic) bond motifs is 6. The normalized spacial score (nSPS) is 21.0. The number of rotatable bonds is 0. The SMILES string of the molecule is O=C1Nc2ccc3ccccc3c2C12C=CNc1ccccc12. The molecule has 0 saturated carbocycles. The van der Waals surface area contributed by atoms with E-state index in [1.54, 1.807) is 0 Å². The van der Waals surface area contributed by atoms with Crippen molar-refractivity contribution >= 4 is 28.1 Å². The molecule has 3 nitrogen and oxygen atoms in total. The van der Waals surface area contributed by atoms with Crippen LogP contribution in [0.4, 0.5) is 11.4 Å². The number of para-hydroxylation sites is 1. The summed E-state index contributed by atoms with van der Waals surface area (Å²) in [6.07, 6.45) is 3.85. The molecule has 1 atom stereocenters. The minimum absolute atomic E-state index is 0.00838. The van der Waals surface area contributed by atoms with Gasteiger partial charge >= 0.3 is 0 Å². The molecule has 0 saturated heterocycles. The third-order valence-corrected chi connectivity index (χ3v) is 4.85. The summed E-state index contributed by atoms with van der Waals surface area (Å²) in [6.45, 7) is 0. The molecule has 2 aliphatic heterocycles. The summed E-state index contributed by atoms with van der Waals surface area (Å²) < 4.78 is 0. The lowest BCUT2D eigenvalue weighted by molar-refractivity contribution is -0.118. The fourth-order valence-electron chi connectivity index (χ4n) is 3.85. The molecule has 2 heterocycles. The van der Waals surface area contributed by atoms with Gasteiger partial charge in [0.15, 0.2) is 0 Å². The topological polar surface area (TPSA) is 41.1 Å². The lowest BCUT2D eigenvalue weighted by atomic mass is 9.72. The zero-order chi connectivity index (χ0) is 15.4. The Kier molecular flexibility index (Phi) is 2.29. The zero-order valence-electron chi connectivity index (χ0n) is 12.3. The van der Waals surface area contributed by atoms with Crippen LogP contribution in [-0.4, -0.2) is 5.91 Å². The highest BCUT2D eigenvalue weighted by atomic mass is 16.2. The van der Waals surface area contributed by atoms with E-state index < -0.39 is 5.41 Å². The van der Waals surface area contributed by atoms with Gasteiger partial charge in [-0.15, -0.1) is 0 Å². The van der Waals surface area contributed by atoms with Gasteiger partial charge in [0.25, 0.3) is 0 Å². The molecule has 0 radical (unpaired) electrons. The summed E-state index contributed by atoms with van der Waals surface area (Å²) >= 11 is 0. The second-order valence-corrected chi connectivity index (χ2v) is 5.99. The maximum atomic E-state index is 13.0. The van der Waals surface area contributed by atoms with Crippen LogP contribution in [0.3, 0.4) is 0 Å². The van der Waals surface area contributed by atoms with Crippen LogP contribution in [-0.2, 0) is 10.2 Å². The van der Waals surface area contributed by atoms with Gasteiger partial charge < -0.3 is 10.6 Å². The number of hydrogen-bond acceptors (Lipinski definition) is 2. The van der Waals surface area contributed by atoms with Crippen LogP contribution in [0.25, 0.3) is 10.8 Å². The molecule has 1 amide bonds. The van der Waals surface area contributed by atoms with Crippen LogP contribution < -0.4 is 10.6 Å². The van der Waals surface area contributed by atoms with Gasteiger partial charge in [0, 0.05) is 16.9 Å². The first-order valence-corrected chi connectivity index (χ1v) is 7.68. The van der Waals surface area contributed by atoms with E-state index in [1.165, 1.54) is 0 Å². The maximum Gasteiger partial charge on any atom is 0.243 e. The first kappa shape index (κ1) is 12.5. The highest BCUT2D eigenvalue weighted by molar-refractivity contribution is 6.16. The lowest BCUT2D eigenvalue weighted by Gasteiger charge is -2.31. The maximum absolute atomic E-state index is 13.0. The summed E-state index contributed by atoms with van der Waals surface area (Å²) in [7, 11) is 0. The van der Waals surface area contributed by atoms with Gasteiger partial charge in [-0.3, -0.25) is 4.79 Å². The van der Waals surface area contributed by atoms with Crippen molar-refractivity contribution in [3.8, 4) is 0 Å². The Balaban J connectivity index is 1.94. The van der Waals surface area contributed by atoms with E-state index in [4.69, 9.17) is 0 Å². The Morgan fingerprint density at radius 2 is 1.65 bits per heavy atom. The van der Waals surface area contributed by atoms with Crippen LogP contribution in [0.2, 0.25) is 0 Å². The van der Waals surface area contributed by atoms with E-state index in [1.807, 2.05) is 54.7 Å². The molecule has 3 heteroatoms. The summed E-state index contributed by atoms with van der Waals surface area (Å²) in [5.41, 5.74) is 3.15. The first-order chi connectivity index (χ1) is 11.3. The third-order valence-electron chi connectivity index (χ3n) is 4.85. The zero-order valence-corrected chi connectivity index (χ0v) is 12.3. The largest absolute Gasteiger partial charge is 0.362 e. The highest BCUT2D eigenvalue weighted by Gasteiger charge is 2.49. The molecule has 2 N–H and O–H groups in total. The summed E-state index contributed by atoms with van der Waals surface area (Å²) in [6, 6.07) is 20.3. The molecule has 0 aliphatic carbocycles. The van der Waals surface area contributed by atoms with Gasteiger partial charge in [0.1, 0.15) is 5.41 Å². The molecule has 0 bridgehead atoms. The fourth-order valence-corrected chi connectivity index (χ4v) is 3.85. The van der Waals surface area contributed by atoms with E-state index in [0.717, 1.165) is 33.3 Å². The van der Waals surface area contributed by atoms with Crippen molar-refractivity contribution < 1.29 is 4.79 Å². The van der Waals surface area contributed by atoms with Crippen molar-refractivity contribution in [2.24, 2.45) is 0 Å². The average molecular weight is 298 g/mol. The molecule has 110 valence electrons. The number of benzene rings is 3. The van der Waals surface area contributed by atoms with Crippen LogP contribution in [0.1, 0.15) is 11.1 Å². The molecule has 0 fully saturated rings. The van der Waals surface area contributed by atoms with Gasteiger partial charge in [-0.2, -0.15) is 0 Å². The van der Waals surface area contributed by atoms with Crippen LogP contribution in [0, 0.1) is 0 Å². The standard InChI is InChI=1S/C20H14N2O/c23-19-20(11-12-21-16-8-4-3-7-15(16)20)18-14-6-2-1-5-13(14)9-10-17(18)22-19/h1-12,21H,(H,22,23). The Bertz CT molecular complexity index is 1010. The monoisotopic (exact) mass is 298 g/mol. The van der Waals surface area contributed by atoms with Gasteiger partial charge in [-0.1, -0.05) is 48.5 Å². The van der Waals surface area contributed by atoms with Crippen LogP contribution >= 0.6 is 0 Å². The van der Waals surface area contributed by atoms with Crippen molar-refractivity contribution in [1.29, 1.82) is 0 Å². The van der Waals surface area contributed by atoms with Crippen molar-refractivity contribution in [1.82, 2.24) is 0 Å². The predicted molar refractivity (Wildman–Crippen MR) is 92.6 cm³/mol. The summed E-state index contributed by atoms with van der Waals surface area (Å²) in [5, 5.41) is 8.59. The van der Waals surface area contributed by atoms with E-state index >= 15 is 0 Å². The van der Waals surface area contributed by atoms with Crippen molar-refractivity contribution in [3.05, 3.63) is 84.1 Å². The van der Waals surface area contributed by atoms with Crippen molar-refractivity contribution in [2.45, 2.75) is 5.41 Å². The number of hydrogen-bond donors (Lipinski definition) is 2. The average Bonchev–Trinajstić information content (AvgIpc) is 2.88. The van der Waals surface area contributed by atoms with Gasteiger partial charge in [-0.25, -0.2) is 0 Å². The lowest BCUT2D eigenvalue weighted by Crippen LogP contribution is -2.36. The summed E-state index contributed by atoms with van der Waals surface area (Å²) in [4.78, 5) is 13.0. The number of carbonyl (C=O) groups excluding carboxylic acids is 1. The second kappa shape index (κ2) is 4.23. The Labute approximate surface area is 133 Å². The molecule has 3 aromatic rings. The molecule has 23 heavy (non-hydrogen) atoms. The minimum Gasteiger partial charge on any atom is -0.362 e. The smallest absolute Gasteiger partial charge is 0.243 e. The number of carbonyl (C=O) groups is 1. The molecule has 1 unspecified atom stereocenters. The van der Waals surface area contributed by atoms with Gasteiger partial charge in [0.2, 0.25) is 5.91 Å². The number of amides is 1.